The van der Waals surface area contributed by atoms with E-state index in [1.165, 1.54) is 0 Å². The van der Waals surface area contributed by atoms with E-state index >= 15 is 0 Å². The van der Waals surface area contributed by atoms with E-state index in [-0.39, 0.29) is 12.5 Å². The summed E-state index contributed by atoms with van der Waals surface area (Å²) in [6.45, 7) is 1.79. The predicted octanol–water partition coefficient (Wildman–Crippen LogP) is 5.84. The van der Waals surface area contributed by atoms with Crippen molar-refractivity contribution in [2.45, 2.75) is 6.92 Å². The molecule has 0 aromatic heterocycles. The lowest BCUT2D eigenvalue weighted by molar-refractivity contribution is -0.118. The molecular formula is C15H11Br2Cl2NO2. The van der Waals surface area contributed by atoms with Crippen molar-refractivity contribution in [1.29, 1.82) is 0 Å². The Balaban J connectivity index is 2.00. The Morgan fingerprint density at radius 3 is 2.55 bits per heavy atom. The molecule has 0 spiro atoms. The number of anilines is 1. The van der Waals surface area contributed by atoms with Gasteiger partial charge in [0.1, 0.15) is 5.75 Å². The van der Waals surface area contributed by atoms with Crippen LogP contribution in [0.3, 0.4) is 0 Å². The van der Waals surface area contributed by atoms with Crippen LogP contribution in [-0.4, -0.2) is 12.5 Å². The zero-order valence-corrected chi connectivity index (χ0v) is 16.1. The fourth-order valence-corrected chi connectivity index (χ4v) is 3.63. The lowest BCUT2D eigenvalue weighted by atomic mass is 10.2. The Hall–Kier alpha value is -0.750. The van der Waals surface area contributed by atoms with E-state index in [1.807, 2.05) is 19.1 Å². The molecule has 0 heterocycles. The minimum atomic E-state index is -0.285. The van der Waals surface area contributed by atoms with Gasteiger partial charge < -0.3 is 10.1 Å². The van der Waals surface area contributed by atoms with Gasteiger partial charge >= 0.3 is 0 Å². The highest BCUT2D eigenvalue weighted by Crippen LogP contribution is 2.32. The van der Waals surface area contributed by atoms with E-state index in [0.29, 0.717) is 21.5 Å². The molecule has 0 atom stereocenters. The van der Waals surface area contributed by atoms with Crippen molar-refractivity contribution in [3.8, 4) is 5.75 Å². The second kappa shape index (κ2) is 7.68. The van der Waals surface area contributed by atoms with Gasteiger partial charge in [-0.15, -0.1) is 0 Å². The number of ether oxygens (including phenoxy) is 1. The maximum Gasteiger partial charge on any atom is 0.262 e. The molecule has 0 bridgehead atoms. The van der Waals surface area contributed by atoms with Gasteiger partial charge in [0.05, 0.1) is 14.5 Å². The van der Waals surface area contributed by atoms with Gasteiger partial charge in [0, 0.05) is 10.2 Å². The van der Waals surface area contributed by atoms with E-state index in [0.717, 1.165) is 14.5 Å². The van der Waals surface area contributed by atoms with Crippen molar-refractivity contribution in [1.82, 2.24) is 0 Å². The number of carbonyl (C=O) groups excluding carboxylic acids is 1. The number of nitrogens with one attached hydrogen (secondary N) is 1. The number of rotatable bonds is 4. The number of aryl methyl sites for hydroxylation is 1. The van der Waals surface area contributed by atoms with E-state index < -0.39 is 0 Å². The van der Waals surface area contributed by atoms with Crippen LogP contribution in [0.2, 0.25) is 10.0 Å². The highest BCUT2D eigenvalue weighted by Gasteiger charge is 2.10. The molecule has 2 aromatic rings. The molecule has 0 unspecified atom stereocenters. The quantitative estimate of drug-likeness (QED) is 0.613. The Labute approximate surface area is 155 Å². The molecule has 0 fully saturated rings. The summed E-state index contributed by atoms with van der Waals surface area (Å²) >= 11 is 18.5. The fraction of sp³-hybridized carbons (Fsp3) is 0.133. The molecule has 1 amide bonds. The summed E-state index contributed by atoms with van der Waals surface area (Å²) in [5.74, 6) is 0.347. The van der Waals surface area contributed by atoms with Crippen LogP contribution < -0.4 is 10.1 Å². The van der Waals surface area contributed by atoms with E-state index in [4.69, 9.17) is 27.9 Å². The monoisotopic (exact) mass is 465 g/mol. The highest BCUT2D eigenvalue weighted by molar-refractivity contribution is 9.11. The normalized spacial score (nSPS) is 10.4. The summed E-state index contributed by atoms with van der Waals surface area (Å²) in [6, 6.07) is 8.65. The molecule has 0 saturated carbocycles. The smallest absolute Gasteiger partial charge is 0.262 e. The first-order valence-electron chi connectivity index (χ1n) is 6.20. The largest absolute Gasteiger partial charge is 0.482 e. The number of carbonyl (C=O) groups is 1. The number of benzene rings is 2. The number of hydrogen-bond donors (Lipinski definition) is 1. The molecule has 22 heavy (non-hydrogen) atoms. The minimum Gasteiger partial charge on any atom is -0.482 e. The van der Waals surface area contributed by atoms with Crippen LogP contribution in [0.5, 0.6) is 5.75 Å². The minimum absolute atomic E-state index is 0.110. The average molecular weight is 468 g/mol. The van der Waals surface area contributed by atoms with Crippen LogP contribution in [0.4, 0.5) is 5.69 Å². The summed E-state index contributed by atoms with van der Waals surface area (Å²) in [5.41, 5.74) is 1.48. The van der Waals surface area contributed by atoms with Crippen molar-refractivity contribution in [3.05, 3.63) is 54.9 Å². The van der Waals surface area contributed by atoms with Crippen molar-refractivity contribution in [2.75, 3.05) is 11.9 Å². The topological polar surface area (TPSA) is 38.3 Å². The van der Waals surface area contributed by atoms with E-state index in [9.17, 15) is 4.79 Å². The Kier molecular flexibility index (Phi) is 6.15. The van der Waals surface area contributed by atoms with Gasteiger partial charge in [0.25, 0.3) is 5.91 Å². The van der Waals surface area contributed by atoms with Crippen molar-refractivity contribution in [2.24, 2.45) is 0 Å². The van der Waals surface area contributed by atoms with Crippen LogP contribution in [0.15, 0.2) is 39.3 Å². The van der Waals surface area contributed by atoms with Crippen LogP contribution in [-0.2, 0) is 4.79 Å². The molecule has 116 valence electrons. The molecule has 7 heteroatoms. The third-order valence-electron chi connectivity index (χ3n) is 2.75. The zero-order chi connectivity index (χ0) is 16.3. The Morgan fingerprint density at radius 1 is 1.18 bits per heavy atom. The first-order valence-corrected chi connectivity index (χ1v) is 8.54. The zero-order valence-electron chi connectivity index (χ0n) is 11.4. The summed E-state index contributed by atoms with van der Waals surface area (Å²) in [4.78, 5) is 11.9. The molecule has 3 nitrogen and oxygen atoms in total. The van der Waals surface area contributed by atoms with Gasteiger partial charge in [-0.2, -0.15) is 0 Å². The summed E-state index contributed by atoms with van der Waals surface area (Å²) in [6.07, 6.45) is 0. The molecule has 0 saturated heterocycles. The van der Waals surface area contributed by atoms with Gasteiger partial charge in [0.15, 0.2) is 6.61 Å². The van der Waals surface area contributed by atoms with Crippen LogP contribution >= 0.6 is 55.1 Å². The molecular weight excluding hydrogens is 457 g/mol. The molecule has 2 rings (SSSR count). The fourth-order valence-electron chi connectivity index (χ4n) is 1.78. The summed E-state index contributed by atoms with van der Waals surface area (Å²) < 4.78 is 7.29. The lowest BCUT2D eigenvalue weighted by Gasteiger charge is -2.12. The maximum atomic E-state index is 11.9. The van der Waals surface area contributed by atoms with Crippen LogP contribution in [0.1, 0.15) is 5.56 Å². The van der Waals surface area contributed by atoms with Crippen molar-refractivity contribution in [3.63, 3.8) is 0 Å². The first-order chi connectivity index (χ1) is 10.4. The predicted molar refractivity (Wildman–Crippen MR) is 97.2 cm³/mol. The van der Waals surface area contributed by atoms with Gasteiger partial charge in [-0.05, 0) is 58.7 Å². The van der Waals surface area contributed by atoms with E-state index in [1.54, 1.807) is 18.2 Å². The average Bonchev–Trinajstić information content (AvgIpc) is 2.41. The molecule has 0 aliphatic carbocycles. The molecule has 2 aromatic carbocycles. The van der Waals surface area contributed by atoms with Gasteiger partial charge in [-0.3, -0.25) is 4.79 Å². The lowest BCUT2D eigenvalue weighted by Crippen LogP contribution is -2.20. The van der Waals surface area contributed by atoms with Crippen LogP contribution in [0.25, 0.3) is 0 Å². The standard InChI is InChI=1S/C15H11Br2Cl2NO2/c1-8-4-9(16)5-11(17)15(8)22-7-14(21)20-10-2-3-12(18)13(19)6-10/h2-6H,7H2,1H3,(H,20,21). The second-order valence-electron chi connectivity index (χ2n) is 4.50. The first kappa shape index (κ1) is 17.6. The second-order valence-corrected chi connectivity index (χ2v) is 7.08. The number of amides is 1. The van der Waals surface area contributed by atoms with E-state index in [2.05, 4.69) is 37.2 Å². The van der Waals surface area contributed by atoms with Crippen molar-refractivity contribution >= 4 is 66.7 Å². The third-order valence-corrected chi connectivity index (χ3v) is 4.53. The summed E-state index contributed by atoms with van der Waals surface area (Å²) in [5, 5.41) is 3.52. The maximum absolute atomic E-state index is 11.9. The molecule has 0 radical (unpaired) electrons. The molecule has 0 aliphatic rings. The SMILES string of the molecule is Cc1cc(Br)cc(Br)c1OCC(=O)Nc1ccc(Cl)c(Cl)c1. The number of halogens is 4. The highest BCUT2D eigenvalue weighted by atomic mass is 79.9. The molecule has 0 aliphatic heterocycles. The third kappa shape index (κ3) is 4.62. The van der Waals surface area contributed by atoms with Crippen LogP contribution in [0, 0.1) is 6.92 Å². The van der Waals surface area contributed by atoms with Gasteiger partial charge in [0.2, 0.25) is 0 Å². The van der Waals surface area contributed by atoms with Crippen molar-refractivity contribution < 1.29 is 9.53 Å². The summed E-state index contributed by atoms with van der Waals surface area (Å²) in [7, 11) is 0. The number of hydrogen-bond acceptors (Lipinski definition) is 2. The van der Waals surface area contributed by atoms with Gasteiger partial charge in [-0.25, -0.2) is 0 Å². The Morgan fingerprint density at radius 2 is 1.91 bits per heavy atom. The Bertz CT molecular complexity index is 700. The molecule has 1 N–H and O–H groups in total. The van der Waals surface area contributed by atoms with Gasteiger partial charge in [-0.1, -0.05) is 39.1 Å².